The fourth-order valence-electron chi connectivity index (χ4n) is 3.62. The van der Waals surface area contributed by atoms with E-state index in [2.05, 4.69) is 4.98 Å². The third-order valence-corrected chi connectivity index (χ3v) is 6.15. The molecule has 0 aromatic carbocycles. The van der Waals surface area contributed by atoms with Crippen molar-refractivity contribution < 1.29 is 22.7 Å². The summed E-state index contributed by atoms with van der Waals surface area (Å²) in [7, 11) is -3.10. The molecule has 144 valence electrons. The van der Waals surface area contributed by atoms with Gasteiger partial charge in [-0.15, -0.1) is 0 Å². The lowest BCUT2D eigenvalue weighted by atomic mass is 9.76. The van der Waals surface area contributed by atoms with Crippen LogP contribution in [0.25, 0.3) is 0 Å². The van der Waals surface area contributed by atoms with Crippen LogP contribution in [0.1, 0.15) is 25.7 Å². The van der Waals surface area contributed by atoms with Gasteiger partial charge in [0, 0.05) is 38.0 Å². The normalized spacial score (nSPS) is 22.5. The maximum Gasteiger partial charge on any atom is 0.223 e. The fraction of sp³-hybridized carbons (Fsp3) is 0.667. The van der Waals surface area contributed by atoms with Crippen molar-refractivity contribution in [2.24, 2.45) is 5.41 Å². The lowest BCUT2D eigenvalue weighted by molar-refractivity contribution is -0.133. The molecule has 1 aromatic rings. The molecule has 8 heteroatoms. The van der Waals surface area contributed by atoms with Crippen molar-refractivity contribution in [3.8, 4) is 5.88 Å². The number of carbonyl (C=O) groups excluding carboxylic acids is 1. The Labute approximate surface area is 154 Å². The Hall–Kier alpha value is -1.67. The van der Waals surface area contributed by atoms with E-state index < -0.39 is 9.84 Å². The summed E-state index contributed by atoms with van der Waals surface area (Å²) in [5.41, 5.74) is 0.103. The highest BCUT2D eigenvalue weighted by molar-refractivity contribution is 7.90. The number of aromatic nitrogens is 1. The smallest absolute Gasteiger partial charge is 0.223 e. The molecular weight excluding hydrogens is 356 g/mol. The van der Waals surface area contributed by atoms with Gasteiger partial charge >= 0.3 is 0 Å². The van der Waals surface area contributed by atoms with Crippen molar-refractivity contribution in [1.29, 1.82) is 0 Å². The Balaban J connectivity index is 1.43. The molecule has 7 nitrogen and oxygen atoms in total. The summed E-state index contributed by atoms with van der Waals surface area (Å²) in [4.78, 5) is 18.1. The second-order valence-corrected chi connectivity index (χ2v) is 9.64. The molecule has 1 aromatic heterocycles. The maximum atomic E-state index is 12.2. The number of likely N-dealkylation sites (tertiary alicyclic amines) is 1. The zero-order valence-electron chi connectivity index (χ0n) is 15.1. The molecule has 26 heavy (non-hydrogen) atoms. The molecular formula is C18H26N2O5S. The first-order chi connectivity index (χ1) is 12.4. The standard InChI is InChI=1S/C18H26N2O5S/c1-26(22,23)11-5-17(21)20-9-6-18(7-10-20)12-15(25-14-18)13-24-16-4-2-3-8-19-16/h2-4,8,15H,5-7,9-14H2,1H3. The molecule has 0 saturated carbocycles. The van der Waals surface area contributed by atoms with Gasteiger partial charge in [-0.25, -0.2) is 13.4 Å². The molecule has 2 aliphatic rings. The number of ether oxygens (including phenoxy) is 2. The average Bonchev–Trinajstić information content (AvgIpc) is 3.01. The predicted molar refractivity (Wildman–Crippen MR) is 96.7 cm³/mol. The van der Waals surface area contributed by atoms with Crippen LogP contribution in [0.5, 0.6) is 5.88 Å². The minimum atomic E-state index is -3.10. The van der Waals surface area contributed by atoms with Crippen molar-refractivity contribution in [3.05, 3.63) is 24.4 Å². The van der Waals surface area contributed by atoms with Crippen LogP contribution in [0.2, 0.25) is 0 Å². The molecule has 1 atom stereocenters. The molecule has 0 aliphatic carbocycles. The Morgan fingerprint density at radius 3 is 2.81 bits per heavy atom. The summed E-state index contributed by atoms with van der Waals surface area (Å²) < 4.78 is 34.0. The van der Waals surface area contributed by atoms with Crippen LogP contribution in [0.4, 0.5) is 0 Å². The van der Waals surface area contributed by atoms with Crippen molar-refractivity contribution >= 4 is 15.7 Å². The van der Waals surface area contributed by atoms with Crippen LogP contribution >= 0.6 is 0 Å². The quantitative estimate of drug-likeness (QED) is 0.737. The van der Waals surface area contributed by atoms with E-state index in [1.165, 1.54) is 0 Å². The number of nitrogens with zero attached hydrogens (tertiary/aromatic N) is 2. The largest absolute Gasteiger partial charge is 0.475 e. The van der Waals surface area contributed by atoms with E-state index in [0.717, 1.165) is 25.5 Å². The maximum absolute atomic E-state index is 12.2. The van der Waals surface area contributed by atoms with Crippen LogP contribution in [0.3, 0.4) is 0 Å². The molecule has 1 amide bonds. The number of carbonyl (C=O) groups is 1. The molecule has 3 heterocycles. The third-order valence-electron chi connectivity index (χ3n) is 5.20. The molecule has 0 bridgehead atoms. The molecule has 3 rings (SSSR count). The van der Waals surface area contributed by atoms with Gasteiger partial charge in [0.2, 0.25) is 11.8 Å². The van der Waals surface area contributed by atoms with Gasteiger partial charge in [-0.2, -0.15) is 0 Å². The number of hydrogen-bond acceptors (Lipinski definition) is 6. The van der Waals surface area contributed by atoms with Gasteiger partial charge in [-0.1, -0.05) is 6.07 Å². The highest BCUT2D eigenvalue weighted by atomic mass is 32.2. The van der Waals surface area contributed by atoms with Crippen LogP contribution in [-0.2, 0) is 19.4 Å². The van der Waals surface area contributed by atoms with E-state index in [9.17, 15) is 13.2 Å². The SMILES string of the molecule is CS(=O)(=O)CCC(=O)N1CCC2(CC1)COC(COc1ccccn1)C2. The van der Waals surface area contributed by atoms with Crippen molar-refractivity contribution in [2.45, 2.75) is 31.8 Å². The highest BCUT2D eigenvalue weighted by Gasteiger charge is 2.43. The Morgan fingerprint density at radius 1 is 1.38 bits per heavy atom. The first-order valence-electron chi connectivity index (χ1n) is 8.96. The lowest BCUT2D eigenvalue weighted by Crippen LogP contribution is -2.44. The topological polar surface area (TPSA) is 85.8 Å². The summed E-state index contributed by atoms with van der Waals surface area (Å²) in [6.45, 7) is 2.50. The van der Waals surface area contributed by atoms with Gasteiger partial charge in [0.25, 0.3) is 0 Å². The minimum absolute atomic E-state index is 0.0458. The second-order valence-electron chi connectivity index (χ2n) is 7.38. The van der Waals surface area contributed by atoms with Gasteiger partial charge in [0.1, 0.15) is 16.4 Å². The number of pyridine rings is 1. The van der Waals surface area contributed by atoms with Gasteiger partial charge in [-0.3, -0.25) is 4.79 Å². The number of piperidine rings is 1. The second kappa shape index (κ2) is 7.92. The molecule has 1 spiro atoms. The summed E-state index contributed by atoms with van der Waals surface area (Å²) in [6.07, 6.45) is 5.67. The average molecular weight is 382 g/mol. The molecule has 1 unspecified atom stereocenters. The molecule has 2 fully saturated rings. The minimum Gasteiger partial charge on any atom is -0.475 e. The number of sulfone groups is 1. The Morgan fingerprint density at radius 2 is 2.15 bits per heavy atom. The van der Waals surface area contributed by atoms with Gasteiger partial charge in [0.05, 0.1) is 18.5 Å². The van der Waals surface area contributed by atoms with Crippen molar-refractivity contribution in [1.82, 2.24) is 9.88 Å². The molecule has 0 radical (unpaired) electrons. The zero-order valence-corrected chi connectivity index (χ0v) is 15.9. The van der Waals surface area contributed by atoms with Crippen molar-refractivity contribution in [3.63, 3.8) is 0 Å². The van der Waals surface area contributed by atoms with Gasteiger partial charge in [0.15, 0.2) is 0 Å². The number of amides is 1. The monoisotopic (exact) mass is 382 g/mol. The Kier molecular flexibility index (Phi) is 5.82. The summed E-state index contributed by atoms with van der Waals surface area (Å²) >= 11 is 0. The van der Waals surface area contributed by atoms with Gasteiger partial charge in [-0.05, 0) is 30.7 Å². The number of hydrogen-bond donors (Lipinski definition) is 0. The zero-order chi connectivity index (χ0) is 18.6. The summed E-state index contributed by atoms with van der Waals surface area (Å²) in [6, 6.07) is 5.56. The van der Waals surface area contributed by atoms with Crippen LogP contribution in [0.15, 0.2) is 24.4 Å². The molecule has 2 saturated heterocycles. The van der Waals surface area contributed by atoms with E-state index in [0.29, 0.717) is 32.2 Å². The first kappa shape index (κ1) is 19.1. The lowest BCUT2D eigenvalue weighted by Gasteiger charge is -2.38. The van der Waals surface area contributed by atoms with E-state index in [-0.39, 0.29) is 29.6 Å². The fourth-order valence-corrected chi connectivity index (χ4v) is 4.17. The summed E-state index contributed by atoms with van der Waals surface area (Å²) in [5.74, 6) is 0.450. The van der Waals surface area contributed by atoms with E-state index in [1.54, 1.807) is 11.1 Å². The predicted octanol–water partition coefficient (Wildman–Crippen LogP) is 1.29. The van der Waals surface area contributed by atoms with E-state index >= 15 is 0 Å². The molecule has 0 N–H and O–H groups in total. The first-order valence-corrected chi connectivity index (χ1v) is 11.0. The van der Waals surface area contributed by atoms with E-state index in [4.69, 9.17) is 9.47 Å². The Bertz CT molecular complexity index is 714. The number of rotatable bonds is 6. The molecule has 2 aliphatic heterocycles. The summed E-state index contributed by atoms with van der Waals surface area (Å²) in [5, 5.41) is 0. The van der Waals surface area contributed by atoms with Crippen LogP contribution in [-0.4, -0.2) is 68.6 Å². The third kappa shape index (κ3) is 5.17. The highest BCUT2D eigenvalue weighted by Crippen LogP contribution is 2.42. The van der Waals surface area contributed by atoms with Crippen LogP contribution < -0.4 is 4.74 Å². The van der Waals surface area contributed by atoms with Gasteiger partial charge < -0.3 is 14.4 Å². The van der Waals surface area contributed by atoms with Crippen molar-refractivity contribution in [2.75, 3.05) is 38.3 Å². The van der Waals surface area contributed by atoms with Crippen LogP contribution in [0, 0.1) is 5.41 Å². The van der Waals surface area contributed by atoms with E-state index in [1.807, 2.05) is 18.2 Å².